The number of rotatable bonds is 15. The number of aliphatic hydroxyl groups is 1. The van der Waals surface area contributed by atoms with E-state index >= 15 is 0 Å². The lowest BCUT2D eigenvalue weighted by Gasteiger charge is -2.28. The summed E-state index contributed by atoms with van der Waals surface area (Å²) in [7, 11) is 0. The molecule has 1 aromatic rings. The van der Waals surface area contributed by atoms with Crippen molar-refractivity contribution >= 4 is 17.6 Å². The van der Waals surface area contributed by atoms with Crippen molar-refractivity contribution in [1.82, 2.24) is 15.2 Å². The van der Waals surface area contributed by atoms with Crippen LogP contribution in [0.25, 0.3) is 0 Å². The summed E-state index contributed by atoms with van der Waals surface area (Å²) in [4.78, 5) is 43.1. The first kappa shape index (κ1) is 30.9. The molecular formula is C29H41N3O6. The maximum Gasteiger partial charge on any atom is 0.280 e. The molecule has 2 N–H and O–H groups in total. The smallest absolute Gasteiger partial charge is 0.280 e. The van der Waals surface area contributed by atoms with Crippen LogP contribution >= 0.6 is 0 Å². The highest BCUT2D eigenvalue weighted by atomic mass is 16.5. The van der Waals surface area contributed by atoms with Crippen LogP contribution in [0.4, 0.5) is 0 Å². The summed E-state index contributed by atoms with van der Waals surface area (Å²) >= 11 is 0. The monoisotopic (exact) mass is 527 g/mol. The minimum Gasteiger partial charge on any atom is -0.448 e. The van der Waals surface area contributed by atoms with Gasteiger partial charge < -0.3 is 24.5 Å². The molecule has 0 bridgehead atoms. The van der Waals surface area contributed by atoms with Crippen LogP contribution in [0.1, 0.15) is 63.8 Å². The third-order valence-corrected chi connectivity index (χ3v) is 5.98. The predicted octanol–water partition coefficient (Wildman–Crippen LogP) is 3.77. The Balaban J connectivity index is 1.96. The highest BCUT2D eigenvalue weighted by molar-refractivity contribution is 5.93. The van der Waals surface area contributed by atoms with E-state index in [1.165, 1.54) is 12.3 Å². The average Bonchev–Trinajstić information content (AvgIpc) is 3.50. The Labute approximate surface area is 225 Å². The average molecular weight is 528 g/mol. The van der Waals surface area contributed by atoms with Crippen LogP contribution in [0, 0.1) is 11.8 Å². The third kappa shape index (κ3) is 9.87. The lowest BCUT2D eigenvalue weighted by atomic mass is 9.94. The van der Waals surface area contributed by atoms with Gasteiger partial charge >= 0.3 is 0 Å². The molecule has 0 saturated carbocycles. The molecule has 1 aromatic heterocycles. The van der Waals surface area contributed by atoms with Crippen molar-refractivity contribution in [2.75, 3.05) is 19.7 Å². The highest BCUT2D eigenvalue weighted by Crippen LogP contribution is 2.23. The Morgan fingerprint density at radius 2 is 2.03 bits per heavy atom. The van der Waals surface area contributed by atoms with Gasteiger partial charge in [0.25, 0.3) is 5.91 Å². The van der Waals surface area contributed by atoms with Crippen molar-refractivity contribution in [3.63, 3.8) is 0 Å². The van der Waals surface area contributed by atoms with Gasteiger partial charge in [0, 0.05) is 31.1 Å². The molecule has 9 heteroatoms. The Hall–Kier alpha value is -3.30. The van der Waals surface area contributed by atoms with E-state index in [0.717, 1.165) is 11.3 Å². The molecule has 0 fully saturated rings. The zero-order valence-electron chi connectivity index (χ0n) is 23.1. The Kier molecular flexibility index (Phi) is 12.4. The van der Waals surface area contributed by atoms with E-state index in [9.17, 15) is 19.5 Å². The summed E-state index contributed by atoms with van der Waals surface area (Å²) in [5, 5.41) is 12.6. The fourth-order valence-electron chi connectivity index (χ4n) is 4.24. The largest absolute Gasteiger partial charge is 0.448 e. The van der Waals surface area contributed by atoms with E-state index in [4.69, 9.17) is 9.15 Å². The van der Waals surface area contributed by atoms with Gasteiger partial charge in [-0.1, -0.05) is 50.6 Å². The van der Waals surface area contributed by atoms with Gasteiger partial charge in [0.2, 0.25) is 11.8 Å². The molecule has 9 nitrogen and oxygen atoms in total. The molecule has 1 aliphatic rings. The van der Waals surface area contributed by atoms with Crippen molar-refractivity contribution in [2.45, 2.75) is 66.1 Å². The molecule has 0 radical (unpaired) electrons. The molecule has 1 aliphatic heterocycles. The number of aliphatic hydroxyl groups excluding tert-OH is 1. The number of hydrogen-bond donors (Lipinski definition) is 2. The number of aromatic nitrogens is 1. The minimum atomic E-state index is -0.858. The summed E-state index contributed by atoms with van der Waals surface area (Å²) in [6, 6.07) is 0. The molecule has 0 aliphatic carbocycles. The maximum absolute atomic E-state index is 13.1. The number of amides is 2. The third-order valence-electron chi connectivity index (χ3n) is 5.98. The fraction of sp³-hybridized carbons (Fsp3) is 0.517. The number of nitrogens with one attached hydrogen (secondary N) is 1. The number of Topliss-reactive ketones (excluding diaryl/α,β-unsaturated/α-hetero) is 1. The van der Waals surface area contributed by atoms with Crippen LogP contribution in [0.15, 0.2) is 58.9 Å². The quantitative estimate of drug-likeness (QED) is 0.263. The molecule has 0 aromatic carbocycles. The number of ether oxygens (including phenoxy) is 1. The Morgan fingerprint density at radius 3 is 2.68 bits per heavy atom. The molecule has 2 rings (SSSR count). The van der Waals surface area contributed by atoms with Crippen molar-refractivity contribution < 1.29 is 28.6 Å². The van der Waals surface area contributed by atoms with Crippen LogP contribution in [0.5, 0.6) is 0 Å². The predicted molar refractivity (Wildman–Crippen MR) is 145 cm³/mol. The molecule has 3 atom stereocenters. The molecule has 0 saturated heterocycles. The zero-order chi connectivity index (χ0) is 28.2. The van der Waals surface area contributed by atoms with Gasteiger partial charge in [-0.2, -0.15) is 0 Å². The first-order valence-electron chi connectivity index (χ1n) is 13.0. The van der Waals surface area contributed by atoms with E-state index in [2.05, 4.69) is 30.7 Å². The van der Waals surface area contributed by atoms with Gasteiger partial charge in [0.05, 0.1) is 25.2 Å². The van der Waals surface area contributed by atoms with Crippen molar-refractivity contribution in [1.29, 1.82) is 0 Å². The van der Waals surface area contributed by atoms with E-state index in [-0.39, 0.29) is 66.6 Å². The first-order valence-corrected chi connectivity index (χ1v) is 13.0. The minimum absolute atomic E-state index is 0.0264. The molecule has 38 heavy (non-hydrogen) atoms. The van der Waals surface area contributed by atoms with Gasteiger partial charge in [0.1, 0.15) is 12.0 Å². The van der Waals surface area contributed by atoms with Gasteiger partial charge in [-0.05, 0) is 32.3 Å². The first-order chi connectivity index (χ1) is 18.0. The van der Waals surface area contributed by atoms with Crippen LogP contribution in [-0.2, 0) is 20.7 Å². The zero-order valence-corrected chi connectivity index (χ0v) is 23.1. The van der Waals surface area contributed by atoms with Crippen molar-refractivity contribution in [3.8, 4) is 0 Å². The second-order valence-corrected chi connectivity index (χ2v) is 10.1. The number of allylic oxidation sites excluding steroid dienone is 1. The van der Waals surface area contributed by atoms with Gasteiger partial charge in [-0.25, -0.2) is 4.98 Å². The lowest BCUT2D eigenvalue weighted by Crippen LogP contribution is -2.33. The summed E-state index contributed by atoms with van der Waals surface area (Å²) in [5.74, 6) is -0.442. The molecule has 208 valence electrons. The SMILES string of the molecule is C=CCNC(=O)C=CC(C)C(OCC1=CCCN1C(=O)c1coc(CC(=O)CC(O)C=C(C)C)n1)C(C)C. The van der Waals surface area contributed by atoms with E-state index in [1.54, 1.807) is 17.1 Å². The summed E-state index contributed by atoms with van der Waals surface area (Å²) in [6.07, 6.45) is 9.33. The maximum atomic E-state index is 13.1. The number of carbonyl (C=O) groups is 3. The van der Waals surface area contributed by atoms with Crippen LogP contribution in [0.3, 0.4) is 0 Å². The number of ketones is 1. The second kappa shape index (κ2) is 15.2. The van der Waals surface area contributed by atoms with Gasteiger partial charge in [-0.3, -0.25) is 14.4 Å². The number of oxazole rings is 1. The van der Waals surface area contributed by atoms with Crippen LogP contribution in [-0.4, -0.2) is 64.5 Å². The van der Waals surface area contributed by atoms with Crippen molar-refractivity contribution in [3.05, 3.63) is 66.1 Å². The normalized spacial score (nSPS) is 15.8. The second-order valence-electron chi connectivity index (χ2n) is 10.1. The molecule has 3 unspecified atom stereocenters. The summed E-state index contributed by atoms with van der Waals surface area (Å²) < 4.78 is 11.6. The summed E-state index contributed by atoms with van der Waals surface area (Å²) in [5.41, 5.74) is 1.78. The van der Waals surface area contributed by atoms with Gasteiger partial charge in [0.15, 0.2) is 5.69 Å². The topological polar surface area (TPSA) is 122 Å². The van der Waals surface area contributed by atoms with Crippen LogP contribution in [0.2, 0.25) is 0 Å². The van der Waals surface area contributed by atoms with Crippen molar-refractivity contribution in [2.24, 2.45) is 11.8 Å². The Bertz CT molecular complexity index is 1060. The molecule has 2 heterocycles. The number of nitrogens with zero attached hydrogens (tertiary/aromatic N) is 2. The molecular weight excluding hydrogens is 486 g/mol. The van der Waals surface area contributed by atoms with E-state index < -0.39 is 6.10 Å². The lowest BCUT2D eigenvalue weighted by molar-refractivity contribution is -0.120. The van der Waals surface area contributed by atoms with Crippen LogP contribution < -0.4 is 5.32 Å². The molecule has 0 spiro atoms. The van der Waals surface area contributed by atoms with Gasteiger partial charge in [-0.15, -0.1) is 6.58 Å². The van der Waals surface area contributed by atoms with E-state index in [1.807, 2.05) is 32.9 Å². The number of carbonyl (C=O) groups excluding carboxylic acids is 3. The highest BCUT2D eigenvalue weighted by Gasteiger charge is 2.28. The number of hydrogen-bond acceptors (Lipinski definition) is 7. The standard InChI is InChI=1S/C29H41N3O6/c1-7-12-30-26(35)11-10-21(6)28(20(4)5)38-17-22-9-8-13-32(22)29(36)25-18-37-27(31-25)16-24(34)15-23(33)14-19(2)3/h7,9-11,14,18,20-21,23,28,33H,1,8,12-13,15-17H2,2-6H3,(H,30,35). The van der Waals surface area contributed by atoms with E-state index in [0.29, 0.717) is 19.5 Å². The fourth-order valence-corrected chi connectivity index (χ4v) is 4.24. The molecule has 2 amide bonds. The summed E-state index contributed by atoms with van der Waals surface area (Å²) in [6.45, 7) is 14.5. The Morgan fingerprint density at radius 1 is 1.29 bits per heavy atom.